The molecule has 43 heavy (non-hydrogen) atoms. The molecule has 12 heteroatoms. The fourth-order valence-electron chi connectivity index (χ4n) is 4.83. The molecule has 0 radical (unpaired) electrons. The molecule has 2 aromatic rings. The minimum atomic E-state index is -0.773. The van der Waals surface area contributed by atoms with Crippen LogP contribution in [0.25, 0.3) is 0 Å². The van der Waals surface area contributed by atoms with E-state index in [0.29, 0.717) is 36.4 Å². The molecule has 1 aromatic carbocycles. The van der Waals surface area contributed by atoms with Crippen LogP contribution < -0.4 is 16.4 Å². The van der Waals surface area contributed by atoms with Gasteiger partial charge < -0.3 is 30.7 Å². The SMILES string of the molecule is CCCCC(=O)N(C)C(CC(OC(=O)NC)c1nc(C(=O)N[C@@H](Cc2ccc(N)cc2)CC(C)C(=O)OC)cs1)C(C)C. The van der Waals surface area contributed by atoms with Crippen LogP contribution in [0.1, 0.15) is 87.0 Å². The number of hydrogen-bond acceptors (Lipinski definition) is 9. The molecule has 11 nitrogen and oxygen atoms in total. The van der Waals surface area contributed by atoms with Crippen molar-refractivity contribution in [3.63, 3.8) is 0 Å². The van der Waals surface area contributed by atoms with Crippen molar-refractivity contribution in [2.24, 2.45) is 11.8 Å². The first-order valence-electron chi connectivity index (χ1n) is 14.7. The third-order valence-electron chi connectivity index (χ3n) is 7.38. The van der Waals surface area contributed by atoms with Crippen molar-refractivity contribution in [3.8, 4) is 0 Å². The summed E-state index contributed by atoms with van der Waals surface area (Å²) >= 11 is 1.21. The van der Waals surface area contributed by atoms with Gasteiger partial charge in [0.15, 0.2) is 6.10 Å². The Morgan fingerprint density at radius 2 is 1.77 bits per heavy atom. The van der Waals surface area contributed by atoms with E-state index in [1.54, 1.807) is 36.4 Å². The number of unbranched alkanes of at least 4 members (excludes halogenated alkanes) is 1. The van der Waals surface area contributed by atoms with E-state index in [4.69, 9.17) is 15.2 Å². The van der Waals surface area contributed by atoms with Crippen molar-refractivity contribution in [1.82, 2.24) is 20.5 Å². The first-order chi connectivity index (χ1) is 20.4. The molecule has 4 atom stereocenters. The first-order valence-corrected chi connectivity index (χ1v) is 15.6. The Balaban J connectivity index is 2.28. The quantitative estimate of drug-likeness (QED) is 0.181. The number of hydrogen-bond donors (Lipinski definition) is 3. The number of nitrogens with zero attached hydrogens (tertiary/aromatic N) is 2. The summed E-state index contributed by atoms with van der Waals surface area (Å²) in [5, 5.41) is 7.56. The Labute approximate surface area is 258 Å². The van der Waals surface area contributed by atoms with E-state index < -0.39 is 24.0 Å². The number of aromatic nitrogens is 1. The molecular formula is C31H47N5O6S. The third kappa shape index (κ3) is 11.2. The van der Waals surface area contributed by atoms with Gasteiger partial charge in [-0.15, -0.1) is 11.3 Å². The predicted octanol–water partition coefficient (Wildman–Crippen LogP) is 4.73. The average molecular weight is 618 g/mol. The topological polar surface area (TPSA) is 153 Å². The molecular weight excluding hydrogens is 570 g/mol. The van der Waals surface area contributed by atoms with Gasteiger partial charge in [0.2, 0.25) is 5.91 Å². The van der Waals surface area contributed by atoms with Crippen molar-refractivity contribution in [1.29, 1.82) is 0 Å². The van der Waals surface area contributed by atoms with Crippen molar-refractivity contribution in [2.75, 3.05) is 26.9 Å². The molecule has 0 aliphatic rings. The number of ether oxygens (including phenoxy) is 2. The Morgan fingerprint density at radius 3 is 2.35 bits per heavy atom. The molecule has 0 saturated carbocycles. The lowest BCUT2D eigenvalue weighted by Crippen LogP contribution is -2.42. The molecule has 2 rings (SSSR count). The summed E-state index contributed by atoms with van der Waals surface area (Å²) in [6.45, 7) is 7.83. The number of methoxy groups -OCH3 is 1. The number of nitrogen functional groups attached to an aromatic ring is 1. The lowest BCUT2D eigenvalue weighted by molar-refractivity contribution is -0.145. The zero-order valence-corrected chi connectivity index (χ0v) is 27.2. The maximum Gasteiger partial charge on any atom is 0.407 e. The van der Waals surface area contributed by atoms with E-state index in [2.05, 4.69) is 15.6 Å². The molecule has 0 aliphatic carbocycles. The molecule has 0 fully saturated rings. The Bertz CT molecular complexity index is 1200. The highest BCUT2D eigenvalue weighted by Crippen LogP contribution is 2.30. The number of nitrogens with two attached hydrogens (primary N) is 1. The van der Waals surface area contributed by atoms with Crippen molar-refractivity contribution >= 4 is 40.9 Å². The molecule has 0 spiro atoms. The summed E-state index contributed by atoms with van der Waals surface area (Å²) in [6.07, 6.45) is 1.92. The molecule has 3 amide bonds. The minimum Gasteiger partial charge on any atom is -0.469 e. The molecule has 0 bridgehead atoms. The van der Waals surface area contributed by atoms with Crippen molar-refractivity contribution < 1.29 is 28.7 Å². The maximum atomic E-state index is 13.4. The molecule has 238 valence electrons. The number of amides is 3. The van der Waals surface area contributed by atoms with Gasteiger partial charge in [-0.3, -0.25) is 14.4 Å². The largest absolute Gasteiger partial charge is 0.469 e. The number of anilines is 1. The van der Waals surface area contributed by atoms with Crippen LogP contribution in [0.4, 0.5) is 10.5 Å². The smallest absolute Gasteiger partial charge is 0.407 e. The number of alkyl carbamates (subject to hydrolysis) is 1. The summed E-state index contributed by atoms with van der Waals surface area (Å²) in [6, 6.07) is 6.74. The van der Waals surface area contributed by atoms with E-state index in [-0.39, 0.29) is 35.6 Å². The standard InChI is InChI=1S/C31H47N5O6S/c1-8-9-10-27(37)36(6)25(19(2)3)17-26(42-31(40)33-5)29-35-24(18-43-29)28(38)34-23(15-20(4)30(39)41-7)16-21-11-13-22(32)14-12-21/h11-14,18-20,23,25-26H,8-10,15-17,32H2,1-7H3,(H,33,40)(H,34,38)/t20?,23-,25?,26?/m1/s1. The van der Waals surface area contributed by atoms with E-state index in [0.717, 1.165) is 18.4 Å². The fourth-order valence-corrected chi connectivity index (χ4v) is 5.67. The van der Waals surface area contributed by atoms with Crippen LogP contribution in [0.2, 0.25) is 0 Å². The summed E-state index contributed by atoms with van der Waals surface area (Å²) < 4.78 is 10.6. The summed E-state index contributed by atoms with van der Waals surface area (Å²) in [5.74, 6) is -1.09. The lowest BCUT2D eigenvalue weighted by atomic mass is 9.95. The van der Waals surface area contributed by atoms with Gasteiger partial charge in [0.1, 0.15) is 10.7 Å². The summed E-state index contributed by atoms with van der Waals surface area (Å²) in [7, 11) is 4.58. The van der Waals surface area contributed by atoms with Crippen LogP contribution in [-0.2, 0) is 25.5 Å². The number of carbonyl (C=O) groups is 4. The highest BCUT2D eigenvalue weighted by Gasteiger charge is 2.31. The van der Waals surface area contributed by atoms with Gasteiger partial charge in [-0.25, -0.2) is 9.78 Å². The van der Waals surface area contributed by atoms with E-state index in [9.17, 15) is 19.2 Å². The maximum absolute atomic E-state index is 13.4. The summed E-state index contributed by atoms with van der Waals surface area (Å²) in [4.78, 5) is 56.9. The average Bonchev–Trinajstić information content (AvgIpc) is 3.48. The first kappa shape index (κ1) is 35.5. The Morgan fingerprint density at radius 1 is 1.09 bits per heavy atom. The molecule has 0 saturated heterocycles. The Kier molecular flexibility index (Phi) is 14.4. The van der Waals surface area contributed by atoms with E-state index in [1.807, 2.05) is 32.9 Å². The molecule has 4 N–H and O–H groups in total. The highest BCUT2D eigenvalue weighted by molar-refractivity contribution is 7.09. The Hall–Kier alpha value is -3.67. The van der Waals surface area contributed by atoms with Gasteiger partial charge in [0, 0.05) is 50.1 Å². The second kappa shape index (κ2) is 17.4. The van der Waals surface area contributed by atoms with Crippen LogP contribution in [0.3, 0.4) is 0 Å². The number of thiazole rings is 1. The van der Waals surface area contributed by atoms with E-state index >= 15 is 0 Å². The number of nitrogens with one attached hydrogen (secondary N) is 2. The molecule has 1 aromatic heterocycles. The normalized spacial score (nSPS) is 13.9. The minimum absolute atomic E-state index is 0.0341. The zero-order chi connectivity index (χ0) is 32.1. The number of benzene rings is 1. The van der Waals surface area contributed by atoms with Gasteiger partial charge in [-0.1, -0.05) is 46.2 Å². The summed E-state index contributed by atoms with van der Waals surface area (Å²) in [5.41, 5.74) is 7.58. The van der Waals surface area contributed by atoms with Crippen LogP contribution in [0.15, 0.2) is 29.6 Å². The fraction of sp³-hybridized carbons (Fsp3) is 0.581. The van der Waals surface area contributed by atoms with Crippen LogP contribution in [-0.4, -0.2) is 67.0 Å². The van der Waals surface area contributed by atoms with Gasteiger partial charge in [0.25, 0.3) is 5.91 Å². The van der Waals surface area contributed by atoms with Crippen LogP contribution in [0.5, 0.6) is 0 Å². The second-order valence-corrected chi connectivity index (χ2v) is 12.0. The molecule has 3 unspecified atom stereocenters. The third-order valence-corrected chi connectivity index (χ3v) is 8.32. The number of rotatable bonds is 16. The highest BCUT2D eigenvalue weighted by atomic mass is 32.1. The van der Waals surface area contributed by atoms with Gasteiger partial charge >= 0.3 is 12.1 Å². The van der Waals surface area contributed by atoms with Gasteiger partial charge in [-0.2, -0.15) is 0 Å². The number of carbonyl (C=O) groups excluding carboxylic acids is 4. The van der Waals surface area contributed by atoms with Crippen LogP contribution >= 0.6 is 11.3 Å². The zero-order valence-electron chi connectivity index (χ0n) is 26.3. The monoisotopic (exact) mass is 617 g/mol. The van der Waals surface area contributed by atoms with Gasteiger partial charge in [0.05, 0.1) is 13.0 Å². The molecule has 1 heterocycles. The molecule has 0 aliphatic heterocycles. The predicted molar refractivity (Wildman–Crippen MR) is 168 cm³/mol. The van der Waals surface area contributed by atoms with E-state index in [1.165, 1.54) is 25.5 Å². The number of esters is 1. The van der Waals surface area contributed by atoms with Crippen molar-refractivity contribution in [2.45, 2.75) is 84.4 Å². The van der Waals surface area contributed by atoms with Crippen molar-refractivity contribution in [3.05, 3.63) is 45.9 Å². The van der Waals surface area contributed by atoms with Crippen LogP contribution in [0, 0.1) is 11.8 Å². The second-order valence-electron chi connectivity index (χ2n) is 11.1. The lowest BCUT2D eigenvalue weighted by Gasteiger charge is -2.33. The van der Waals surface area contributed by atoms with Gasteiger partial charge in [-0.05, 0) is 42.9 Å².